The number of fused-ring (bicyclic) bond motifs is 1. The van der Waals surface area contributed by atoms with E-state index in [2.05, 4.69) is 0 Å². The number of carbonyl (C=O) groups is 2. The van der Waals surface area contributed by atoms with Gasteiger partial charge in [0.1, 0.15) is 5.75 Å². The fourth-order valence-corrected chi connectivity index (χ4v) is 3.55. The number of carbonyl (C=O) groups excluding carboxylic acids is 2. The highest BCUT2D eigenvalue weighted by atomic mass is 35.5. The van der Waals surface area contributed by atoms with Crippen LogP contribution < -0.4 is 4.74 Å². The van der Waals surface area contributed by atoms with E-state index in [9.17, 15) is 9.59 Å². The molecule has 0 bridgehead atoms. The molecular weight excluding hydrogens is 387 g/mol. The summed E-state index contributed by atoms with van der Waals surface area (Å²) in [6, 6.07) is 10.4. The molecule has 0 heterocycles. The highest BCUT2D eigenvalue weighted by molar-refractivity contribution is 6.35. The number of hydrogen-bond donors (Lipinski definition) is 0. The Kier molecular flexibility index (Phi) is 6.08. The van der Waals surface area contributed by atoms with Crippen molar-refractivity contribution in [1.29, 1.82) is 0 Å². The smallest absolute Gasteiger partial charge is 0.347 e. The summed E-state index contributed by atoms with van der Waals surface area (Å²) < 4.78 is 10.8. The number of ether oxygens (including phenoxy) is 2. The molecule has 0 fully saturated rings. The maximum atomic E-state index is 12.6. The van der Waals surface area contributed by atoms with E-state index in [-0.39, 0.29) is 5.78 Å². The average molecular weight is 407 g/mol. The molecule has 0 amide bonds. The molecule has 0 spiro atoms. The Labute approximate surface area is 168 Å². The van der Waals surface area contributed by atoms with Crippen molar-refractivity contribution in [3.63, 3.8) is 0 Å². The Balaban J connectivity index is 1.61. The molecule has 0 aliphatic heterocycles. The van der Waals surface area contributed by atoms with Gasteiger partial charge >= 0.3 is 5.97 Å². The summed E-state index contributed by atoms with van der Waals surface area (Å²) in [5, 5.41) is 0.764. The van der Waals surface area contributed by atoms with E-state index in [1.54, 1.807) is 32.0 Å². The number of esters is 1. The summed E-state index contributed by atoms with van der Waals surface area (Å²) in [5.74, 6) is -0.541. The SMILES string of the molecule is C[C@H](Oc1ccc(Cl)cc1Cl)C(=O)O[C@H](C)C(=O)c1ccc2c(c1)CCC2. The highest BCUT2D eigenvalue weighted by Gasteiger charge is 2.25. The molecule has 3 rings (SSSR count). The van der Waals surface area contributed by atoms with Crippen molar-refractivity contribution in [1.82, 2.24) is 0 Å². The van der Waals surface area contributed by atoms with Gasteiger partial charge in [-0.2, -0.15) is 0 Å². The normalized spacial score (nSPS) is 15.0. The second-order valence-electron chi connectivity index (χ2n) is 6.62. The first kappa shape index (κ1) is 19.7. The van der Waals surface area contributed by atoms with Gasteiger partial charge < -0.3 is 9.47 Å². The van der Waals surface area contributed by atoms with Crippen molar-refractivity contribution < 1.29 is 19.1 Å². The minimum absolute atomic E-state index is 0.227. The summed E-state index contributed by atoms with van der Waals surface area (Å²) in [4.78, 5) is 24.9. The third kappa shape index (κ3) is 4.63. The maximum Gasteiger partial charge on any atom is 0.347 e. The summed E-state index contributed by atoms with van der Waals surface area (Å²) >= 11 is 11.9. The quantitative estimate of drug-likeness (QED) is 0.496. The summed E-state index contributed by atoms with van der Waals surface area (Å²) in [7, 11) is 0. The van der Waals surface area contributed by atoms with Crippen LogP contribution in [0.15, 0.2) is 36.4 Å². The van der Waals surface area contributed by atoms with Crippen LogP contribution >= 0.6 is 23.2 Å². The Morgan fingerprint density at radius 2 is 1.70 bits per heavy atom. The number of aryl methyl sites for hydroxylation is 2. The molecular formula is C21H20Cl2O4. The van der Waals surface area contributed by atoms with Crippen molar-refractivity contribution >= 4 is 35.0 Å². The lowest BCUT2D eigenvalue weighted by Crippen LogP contribution is -2.32. The Bertz CT molecular complexity index is 878. The molecule has 6 heteroatoms. The lowest BCUT2D eigenvalue weighted by molar-refractivity contribution is -0.153. The minimum Gasteiger partial charge on any atom is -0.477 e. The first-order chi connectivity index (χ1) is 12.8. The Morgan fingerprint density at radius 3 is 2.44 bits per heavy atom. The lowest BCUT2D eigenvalue weighted by Gasteiger charge is -2.18. The molecule has 0 saturated heterocycles. The van der Waals surface area contributed by atoms with Crippen molar-refractivity contribution in [2.45, 2.75) is 45.3 Å². The predicted molar refractivity (Wildman–Crippen MR) is 105 cm³/mol. The number of Topliss-reactive ketones (excluding diaryl/α,β-unsaturated/α-hetero) is 1. The first-order valence-corrected chi connectivity index (χ1v) is 9.59. The second kappa shape index (κ2) is 8.32. The number of halogens is 2. The summed E-state index contributed by atoms with van der Waals surface area (Å²) in [5.41, 5.74) is 3.05. The molecule has 2 atom stereocenters. The van der Waals surface area contributed by atoms with E-state index < -0.39 is 18.2 Å². The third-order valence-corrected chi connectivity index (χ3v) is 5.11. The molecule has 0 unspecified atom stereocenters. The molecule has 142 valence electrons. The molecule has 4 nitrogen and oxygen atoms in total. The van der Waals surface area contributed by atoms with E-state index in [0.29, 0.717) is 21.4 Å². The van der Waals surface area contributed by atoms with E-state index in [1.807, 2.05) is 12.1 Å². The highest BCUT2D eigenvalue weighted by Crippen LogP contribution is 2.28. The summed E-state index contributed by atoms with van der Waals surface area (Å²) in [6.07, 6.45) is 1.33. The topological polar surface area (TPSA) is 52.6 Å². The van der Waals surface area contributed by atoms with Gasteiger partial charge in [0.15, 0.2) is 12.2 Å². The van der Waals surface area contributed by atoms with Gasteiger partial charge in [0.05, 0.1) is 5.02 Å². The van der Waals surface area contributed by atoms with Gasteiger partial charge in [0, 0.05) is 10.6 Å². The van der Waals surface area contributed by atoms with Crippen molar-refractivity contribution in [2.75, 3.05) is 0 Å². The zero-order chi connectivity index (χ0) is 19.6. The van der Waals surface area contributed by atoms with E-state index in [0.717, 1.165) is 19.3 Å². The van der Waals surface area contributed by atoms with Gasteiger partial charge in [-0.3, -0.25) is 4.79 Å². The van der Waals surface area contributed by atoms with Gasteiger partial charge in [0.2, 0.25) is 5.78 Å². The standard InChI is InChI=1S/C21H20Cl2O4/c1-12(20(24)16-7-6-14-4-3-5-15(14)10-16)27-21(25)13(2)26-19-9-8-17(22)11-18(19)23/h6-13H,3-5H2,1-2H3/t12-,13+/m1/s1. The van der Waals surface area contributed by atoms with Crippen LogP contribution in [-0.2, 0) is 22.4 Å². The van der Waals surface area contributed by atoms with Crippen LogP contribution in [0.5, 0.6) is 5.75 Å². The largest absolute Gasteiger partial charge is 0.477 e. The van der Waals surface area contributed by atoms with Gasteiger partial charge in [-0.25, -0.2) is 4.79 Å². The molecule has 1 aliphatic rings. The van der Waals surface area contributed by atoms with Crippen LogP contribution in [0.4, 0.5) is 0 Å². The first-order valence-electron chi connectivity index (χ1n) is 8.83. The zero-order valence-corrected chi connectivity index (χ0v) is 16.6. The third-order valence-electron chi connectivity index (χ3n) is 4.57. The van der Waals surface area contributed by atoms with E-state index in [1.165, 1.54) is 17.2 Å². The van der Waals surface area contributed by atoms with Crippen LogP contribution in [0.25, 0.3) is 0 Å². The molecule has 2 aromatic rings. The van der Waals surface area contributed by atoms with Crippen LogP contribution in [0.1, 0.15) is 41.8 Å². The molecule has 27 heavy (non-hydrogen) atoms. The van der Waals surface area contributed by atoms with Crippen molar-refractivity contribution in [3.8, 4) is 5.75 Å². The van der Waals surface area contributed by atoms with E-state index >= 15 is 0 Å². The van der Waals surface area contributed by atoms with Crippen LogP contribution in [0.2, 0.25) is 10.0 Å². The number of hydrogen-bond acceptors (Lipinski definition) is 4. The van der Waals surface area contributed by atoms with Gasteiger partial charge in [-0.1, -0.05) is 35.3 Å². The van der Waals surface area contributed by atoms with Gasteiger partial charge in [-0.15, -0.1) is 0 Å². The molecule has 1 aliphatic carbocycles. The zero-order valence-electron chi connectivity index (χ0n) is 15.1. The van der Waals surface area contributed by atoms with Crippen molar-refractivity contribution in [3.05, 3.63) is 63.1 Å². The molecule has 0 radical (unpaired) electrons. The molecule has 2 aromatic carbocycles. The Morgan fingerprint density at radius 1 is 0.963 bits per heavy atom. The van der Waals surface area contributed by atoms with Crippen molar-refractivity contribution in [2.24, 2.45) is 0 Å². The monoisotopic (exact) mass is 406 g/mol. The van der Waals surface area contributed by atoms with Crippen LogP contribution in [-0.4, -0.2) is 24.0 Å². The van der Waals surface area contributed by atoms with Gasteiger partial charge in [0.25, 0.3) is 0 Å². The lowest BCUT2D eigenvalue weighted by atomic mass is 10.0. The molecule has 0 saturated carbocycles. The fraction of sp³-hybridized carbons (Fsp3) is 0.333. The summed E-state index contributed by atoms with van der Waals surface area (Å²) in [6.45, 7) is 3.11. The fourth-order valence-electron chi connectivity index (χ4n) is 3.09. The average Bonchev–Trinajstić information content (AvgIpc) is 3.10. The minimum atomic E-state index is -0.918. The predicted octanol–water partition coefficient (Wildman–Crippen LogP) is 5.06. The number of ketones is 1. The van der Waals surface area contributed by atoms with Gasteiger partial charge in [-0.05, 0) is 68.5 Å². The second-order valence-corrected chi connectivity index (χ2v) is 7.46. The van der Waals surface area contributed by atoms with Crippen LogP contribution in [0.3, 0.4) is 0 Å². The van der Waals surface area contributed by atoms with E-state index in [4.69, 9.17) is 32.7 Å². The maximum absolute atomic E-state index is 12.6. The number of rotatable bonds is 6. The number of benzene rings is 2. The molecule has 0 aromatic heterocycles. The van der Waals surface area contributed by atoms with Crippen LogP contribution in [0, 0.1) is 0 Å². The Hall–Kier alpha value is -2.04. The molecule has 0 N–H and O–H groups in total.